The van der Waals surface area contributed by atoms with Gasteiger partial charge in [0.1, 0.15) is 11.5 Å². The highest BCUT2D eigenvalue weighted by molar-refractivity contribution is 6.22. The van der Waals surface area contributed by atoms with Crippen LogP contribution in [0.2, 0.25) is 0 Å². The van der Waals surface area contributed by atoms with Gasteiger partial charge in [-0.15, -0.1) is 0 Å². The smallest absolute Gasteiger partial charge is 0.194 e. The molecule has 128 valence electrons. The van der Waals surface area contributed by atoms with E-state index in [1.165, 1.54) is 0 Å². The van der Waals surface area contributed by atoms with Crippen molar-refractivity contribution in [3.63, 3.8) is 0 Å². The summed E-state index contributed by atoms with van der Waals surface area (Å²) in [5.74, 6) is 1.51. The molecule has 0 heterocycles. The molecule has 0 N–H and O–H groups in total. The lowest BCUT2D eigenvalue weighted by Gasteiger charge is -2.12. The Labute approximate surface area is 151 Å². The van der Waals surface area contributed by atoms with E-state index in [2.05, 4.69) is 0 Å². The third-order valence-corrected chi connectivity index (χ3v) is 4.70. The molecule has 0 bridgehead atoms. The summed E-state index contributed by atoms with van der Waals surface area (Å²) in [6.45, 7) is 0. The second-order valence-electron chi connectivity index (χ2n) is 6.05. The number of ether oxygens (including phenoxy) is 2. The van der Waals surface area contributed by atoms with Crippen LogP contribution in [0.3, 0.4) is 0 Å². The Bertz CT molecular complexity index is 1040. The topological polar surface area (TPSA) is 35.5 Å². The van der Waals surface area contributed by atoms with E-state index in [0.717, 1.165) is 33.0 Å². The number of ketones is 1. The highest BCUT2D eigenvalue weighted by Gasteiger charge is 2.18. The van der Waals surface area contributed by atoms with Crippen molar-refractivity contribution < 1.29 is 14.3 Å². The van der Waals surface area contributed by atoms with Crippen LogP contribution in [-0.4, -0.2) is 20.0 Å². The van der Waals surface area contributed by atoms with Crippen molar-refractivity contribution in [3.8, 4) is 11.5 Å². The molecule has 0 amide bonds. The van der Waals surface area contributed by atoms with E-state index in [1.807, 2.05) is 72.8 Å². The number of benzene rings is 4. The monoisotopic (exact) mass is 342 g/mol. The molecular formula is C23H18O3. The van der Waals surface area contributed by atoms with Crippen LogP contribution >= 0.6 is 0 Å². The predicted molar refractivity (Wildman–Crippen MR) is 104 cm³/mol. The van der Waals surface area contributed by atoms with Crippen molar-refractivity contribution in [1.82, 2.24) is 0 Å². The van der Waals surface area contributed by atoms with Crippen LogP contribution in [0.5, 0.6) is 11.5 Å². The zero-order valence-electron chi connectivity index (χ0n) is 14.7. The highest BCUT2D eigenvalue weighted by atomic mass is 16.5. The average molecular weight is 342 g/mol. The molecule has 0 atom stereocenters. The molecular weight excluding hydrogens is 324 g/mol. The predicted octanol–water partition coefficient (Wildman–Crippen LogP) is 5.24. The average Bonchev–Trinajstić information content (AvgIpc) is 2.71. The van der Waals surface area contributed by atoms with Crippen LogP contribution in [0, 0.1) is 0 Å². The largest absolute Gasteiger partial charge is 0.496 e. The molecule has 0 aromatic heterocycles. The second kappa shape index (κ2) is 6.52. The summed E-state index contributed by atoms with van der Waals surface area (Å²) in [6.07, 6.45) is 0. The number of hydrogen-bond acceptors (Lipinski definition) is 3. The standard InChI is InChI=1S/C23H18O3/c1-25-21-13-11-19(15-7-3-5-9-17(15)21)23(24)20-12-14-22(26-2)18-10-6-4-8-16(18)20/h3-14H,1-2H3. The Morgan fingerprint density at radius 3 is 1.35 bits per heavy atom. The molecule has 3 heteroatoms. The van der Waals surface area contributed by atoms with Crippen LogP contribution in [0.1, 0.15) is 15.9 Å². The number of hydrogen-bond donors (Lipinski definition) is 0. The fraction of sp³-hybridized carbons (Fsp3) is 0.0870. The fourth-order valence-corrected chi connectivity index (χ4v) is 3.44. The molecule has 0 aliphatic heterocycles. The quantitative estimate of drug-likeness (QED) is 0.476. The minimum atomic E-state index is -0.0114. The van der Waals surface area contributed by atoms with Crippen molar-refractivity contribution in [3.05, 3.63) is 83.9 Å². The van der Waals surface area contributed by atoms with Gasteiger partial charge >= 0.3 is 0 Å². The van der Waals surface area contributed by atoms with Gasteiger partial charge in [0.2, 0.25) is 0 Å². The Balaban J connectivity index is 1.95. The number of carbonyl (C=O) groups excluding carboxylic acids is 1. The van der Waals surface area contributed by atoms with E-state index < -0.39 is 0 Å². The van der Waals surface area contributed by atoms with Crippen molar-refractivity contribution in [2.24, 2.45) is 0 Å². The fourth-order valence-electron chi connectivity index (χ4n) is 3.44. The first-order valence-electron chi connectivity index (χ1n) is 8.40. The van der Waals surface area contributed by atoms with Gasteiger partial charge in [0.05, 0.1) is 14.2 Å². The zero-order valence-corrected chi connectivity index (χ0v) is 14.7. The molecule has 0 fully saturated rings. The lowest BCUT2D eigenvalue weighted by Crippen LogP contribution is -2.04. The summed E-state index contributed by atoms with van der Waals surface area (Å²) >= 11 is 0. The molecule has 4 aromatic rings. The molecule has 0 saturated heterocycles. The van der Waals surface area contributed by atoms with Crippen molar-refractivity contribution >= 4 is 27.3 Å². The van der Waals surface area contributed by atoms with E-state index in [0.29, 0.717) is 11.1 Å². The maximum atomic E-state index is 13.4. The molecule has 0 saturated carbocycles. The number of fused-ring (bicyclic) bond motifs is 2. The summed E-state index contributed by atoms with van der Waals surface area (Å²) in [6, 6.07) is 23.0. The summed E-state index contributed by atoms with van der Waals surface area (Å²) in [5.41, 5.74) is 1.33. The molecule has 0 unspecified atom stereocenters. The number of methoxy groups -OCH3 is 2. The molecule has 0 aliphatic rings. The lowest BCUT2D eigenvalue weighted by atomic mass is 9.93. The number of rotatable bonds is 4. The first-order valence-corrected chi connectivity index (χ1v) is 8.40. The van der Waals surface area contributed by atoms with Gasteiger partial charge < -0.3 is 9.47 Å². The second-order valence-corrected chi connectivity index (χ2v) is 6.05. The van der Waals surface area contributed by atoms with Gasteiger partial charge in [-0.1, -0.05) is 48.5 Å². The molecule has 3 nitrogen and oxygen atoms in total. The van der Waals surface area contributed by atoms with Crippen LogP contribution < -0.4 is 9.47 Å². The Morgan fingerprint density at radius 2 is 0.962 bits per heavy atom. The third-order valence-electron chi connectivity index (χ3n) is 4.70. The van der Waals surface area contributed by atoms with Gasteiger partial charge in [0.25, 0.3) is 0 Å². The normalized spacial score (nSPS) is 10.8. The van der Waals surface area contributed by atoms with Crippen molar-refractivity contribution in [2.45, 2.75) is 0 Å². The Kier molecular flexibility index (Phi) is 4.05. The van der Waals surface area contributed by atoms with Gasteiger partial charge in [-0.3, -0.25) is 4.79 Å². The van der Waals surface area contributed by atoms with Gasteiger partial charge in [0, 0.05) is 21.9 Å². The van der Waals surface area contributed by atoms with Crippen LogP contribution in [0.4, 0.5) is 0 Å². The van der Waals surface area contributed by atoms with Gasteiger partial charge in [0.15, 0.2) is 5.78 Å². The molecule has 26 heavy (non-hydrogen) atoms. The van der Waals surface area contributed by atoms with Crippen LogP contribution in [0.15, 0.2) is 72.8 Å². The van der Waals surface area contributed by atoms with E-state index in [1.54, 1.807) is 14.2 Å². The maximum absolute atomic E-state index is 13.4. The molecule has 0 aliphatic carbocycles. The van der Waals surface area contributed by atoms with Gasteiger partial charge in [-0.25, -0.2) is 0 Å². The van der Waals surface area contributed by atoms with Crippen LogP contribution in [-0.2, 0) is 0 Å². The van der Waals surface area contributed by atoms with E-state index >= 15 is 0 Å². The minimum Gasteiger partial charge on any atom is -0.496 e. The SMILES string of the molecule is COc1ccc(C(=O)c2ccc(OC)c3ccccc23)c2ccccc12. The van der Waals surface area contributed by atoms with Gasteiger partial charge in [-0.2, -0.15) is 0 Å². The first kappa shape index (κ1) is 16.2. The van der Waals surface area contributed by atoms with Crippen molar-refractivity contribution in [1.29, 1.82) is 0 Å². The van der Waals surface area contributed by atoms with Crippen molar-refractivity contribution in [2.75, 3.05) is 14.2 Å². The van der Waals surface area contributed by atoms with Crippen LogP contribution in [0.25, 0.3) is 21.5 Å². The molecule has 0 radical (unpaired) electrons. The maximum Gasteiger partial charge on any atom is 0.194 e. The zero-order chi connectivity index (χ0) is 18.1. The number of carbonyl (C=O) groups is 1. The Hall–Kier alpha value is -3.33. The summed E-state index contributed by atoms with van der Waals surface area (Å²) < 4.78 is 10.9. The van der Waals surface area contributed by atoms with E-state index in [4.69, 9.17) is 9.47 Å². The summed E-state index contributed by atoms with van der Waals surface area (Å²) in [7, 11) is 3.28. The lowest BCUT2D eigenvalue weighted by molar-refractivity contribution is 0.104. The summed E-state index contributed by atoms with van der Waals surface area (Å²) in [5, 5.41) is 3.63. The molecule has 4 rings (SSSR count). The summed E-state index contributed by atoms with van der Waals surface area (Å²) in [4.78, 5) is 13.4. The molecule has 4 aromatic carbocycles. The molecule has 0 spiro atoms. The minimum absolute atomic E-state index is 0.0114. The van der Waals surface area contributed by atoms with E-state index in [-0.39, 0.29) is 5.78 Å². The highest BCUT2D eigenvalue weighted by Crippen LogP contribution is 2.33. The van der Waals surface area contributed by atoms with E-state index in [9.17, 15) is 4.79 Å². The van der Waals surface area contributed by atoms with Gasteiger partial charge in [-0.05, 0) is 35.0 Å². The third kappa shape index (κ3) is 2.49. The first-order chi connectivity index (χ1) is 12.7. The Morgan fingerprint density at radius 1 is 0.577 bits per heavy atom.